The van der Waals surface area contributed by atoms with Gasteiger partial charge >= 0.3 is 6.09 Å². The molecule has 0 saturated heterocycles. The van der Waals surface area contributed by atoms with Gasteiger partial charge in [0.15, 0.2) is 0 Å². The van der Waals surface area contributed by atoms with E-state index in [1.54, 1.807) is 0 Å². The number of hydrogen-bond acceptors (Lipinski definition) is 6. The van der Waals surface area contributed by atoms with E-state index in [2.05, 4.69) is 15.5 Å². The lowest BCUT2D eigenvalue weighted by Gasteiger charge is -2.23. The van der Waals surface area contributed by atoms with E-state index in [0.717, 1.165) is 0 Å². The van der Waals surface area contributed by atoms with Crippen molar-refractivity contribution in [2.45, 2.75) is 51.5 Å². The highest BCUT2D eigenvalue weighted by Crippen LogP contribution is 2.23. The fraction of sp³-hybridized carbons (Fsp3) is 0.750. The molecule has 1 amide bonds. The zero-order valence-corrected chi connectivity index (χ0v) is 13.0. The summed E-state index contributed by atoms with van der Waals surface area (Å²) in [6.07, 6.45) is 1.36. The molecular weight excluding hydrogens is 266 g/mol. The van der Waals surface area contributed by atoms with Gasteiger partial charge in [0, 0.05) is 0 Å². The third-order valence-corrected chi connectivity index (χ3v) is 2.72. The molecule has 0 aliphatic carbocycles. The minimum atomic E-state index is -0.537. The van der Waals surface area contributed by atoms with Gasteiger partial charge in [-0.05, 0) is 32.9 Å². The zero-order chi connectivity index (χ0) is 14.6. The van der Waals surface area contributed by atoms with Crippen molar-refractivity contribution in [3.63, 3.8) is 0 Å². The summed E-state index contributed by atoms with van der Waals surface area (Å²) in [4.78, 5) is 11.8. The molecule has 0 fully saturated rings. The summed E-state index contributed by atoms with van der Waals surface area (Å²) in [6, 6.07) is -0.358. The summed E-state index contributed by atoms with van der Waals surface area (Å²) in [5.41, 5.74) is -0.537. The fourth-order valence-electron chi connectivity index (χ4n) is 1.38. The number of thioether (sulfide) groups is 1. The van der Waals surface area contributed by atoms with E-state index in [-0.39, 0.29) is 12.0 Å². The lowest BCUT2D eigenvalue weighted by Crippen LogP contribution is -2.37. The molecule has 1 atom stereocenters. The molecular formula is C12H21N3O3S. The highest BCUT2D eigenvalue weighted by molar-refractivity contribution is 7.98. The molecule has 0 aromatic carbocycles. The van der Waals surface area contributed by atoms with Crippen LogP contribution in [0.2, 0.25) is 0 Å². The highest BCUT2D eigenvalue weighted by Gasteiger charge is 2.26. The number of nitrogens with one attached hydrogen (secondary N) is 1. The Kier molecular flexibility index (Phi) is 5.22. The predicted octanol–water partition coefficient (Wildman–Crippen LogP) is 3.01. The molecule has 0 saturated carbocycles. The quantitative estimate of drug-likeness (QED) is 0.858. The van der Waals surface area contributed by atoms with Crippen molar-refractivity contribution in [1.29, 1.82) is 0 Å². The van der Waals surface area contributed by atoms with Crippen LogP contribution in [0.3, 0.4) is 0 Å². The van der Waals surface area contributed by atoms with Gasteiger partial charge in [-0.25, -0.2) is 4.79 Å². The number of alkyl carbamates (subject to hydrolysis) is 1. The van der Waals surface area contributed by atoms with Crippen LogP contribution in [-0.4, -0.2) is 28.1 Å². The van der Waals surface area contributed by atoms with E-state index in [4.69, 9.17) is 9.15 Å². The first-order chi connectivity index (χ1) is 8.73. The lowest BCUT2D eigenvalue weighted by molar-refractivity contribution is 0.0477. The van der Waals surface area contributed by atoms with Crippen LogP contribution in [0.5, 0.6) is 0 Å². The van der Waals surface area contributed by atoms with Crippen LogP contribution in [0.15, 0.2) is 9.64 Å². The van der Waals surface area contributed by atoms with Gasteiger partial charge in [-0.15, -0.1) is 10.2 Å². The topological polar surface area (TPSA) is 77.2 Å². The number of aromatic nitrogens is 2. The molecule has 1 aromatic heterocycles. The number of hydrogen-bond donors (Lipinski definition) is 1. The van der Waals surface area contributed by atoms with Crippen molar-refractivity contribution >= 4 is 17.9 Å². The second-order valence-electron chi connectivity index (χ2n) is 5.48. The van der Waals surface area contributed by atoms with Gasteiger partial charge in [0.1, 0.15) is 11.6 Å². The number of ether oxygens (including phenoxy) is 1. The maximum absolute atomic E-state index is 11.8. The number of amides is 1. The first-order valence-electron chi connectivity index (χ1n) is 6.10. The van der Waals surface area contributed by atoms with Crippen LogP contribution in [0, 0.1) is 5.92 Å². The Hall–Kier alpha value is -1.24. The van der Waals surface area contributed by atoms with Crippen molar-refractivity contribution < 1.29 is 13.9 Å². The van der Waals surface area contributed by atoms with Gasteiger partial charge in [-0.2, -0.15) is 0 Å². The highest BCUT2D eigenvalue weighted by atomic mass is 32.2. The van der Waals surface area contributed by atoms with Crippen LogP contribution in [0.25, 0.3) is 0 Å². The average molecular weight is 287 g/mol. The Morgan fingerprint density at radius 3 is 2.42 bits per heavy atom. The van der Waals surface area contributed by atoms with Crippen LogP contribution in [0.1, 0.15) is 46.6 Å². The standard InChI is InChI=1S/C12H21N3O3S/c1-7(2)8(9-14-15-11(17-9)19-6)13-10(16)18-12(3,4)5/h7-8H,1-6H3,(H,13,16)/t8-/m1/s1. The molecule has 1 N–H and O–H groups in total. The summed E-state index contributed by atoms with van der Waals surface area (Å²) in [6.45, 7) is 9.37. The predicted molar refractivity (Wildman–Crippen MR) is 73.0 cm³/mol. The zero-order valence-electron chi connectivity index (χ0n) is 12.2. The molecule has 0 radical (unpaired) electrons. The van der Waals surface area contributed by atoms with Gasteiger partial charge in [0.25, 0.3) is 5.22 Å². The second kappa shape index (κ2) is 6.27. The second-order valence-corrected chi connectivity index (χ2v) is 6.24. The number of carbonyl (C=O) groups excluding carboxylic acids is 1. The Morgan fingerprint density at radius 1 is 1.37 bits per heavy atom. The Morgan fingerprint density at radius 2 is 2.00 bits per heavy atom. The van der Waals surface area contributed by atoms with Crippen molar-refractivity contribution in [3.05, 3.63) is 5.89 Å². The van der Waals surface area contributed by atoms with Crippen molar-refractivity contribution in [1.82, 2.24) is 15.5 Å². The number of carbonyl (C=O) groups is 1. The molecule has 0 aliphatic heterocycles. The van der Waals surface area contributed by atoms with E-state index in [1.165, 1.54) is 11.8 Å². The van der Waals surface area contributed by atoms with Crippen LogP contribution >= 0.6 is 11.8 Å². The number of rotatable bonds is 4. The largest absolute Gasteiger partial charge is 0.444 e. The SMILES string of the molecule is CSc1nnc([C@H](NC(=O)OC(C)(C)C)C(C)C)o1. The molecule has 0 spiro atoms. The third-order valence-electron chi connectivity index (χ3n) is 2.20. The first kappa shape index (κ1) is 15.8. The lowest BCUT2D eigenvalue weighted by atomic mass is 10.1. The van der Waals surface area contributed by atoms with E-state index < -0.39 is 11.7 Å². The first-order valence-corrected chi connectivity index (χ1v) is 7.32. The van der Waals surface area contributed by atoms with Crippen LogP contribution < -0.4 is 5.32 Å². The minimum Gasteiger partial charge on any atom is -0.444 e. The van der Waals surface area contributed by atoms with Crippen molar-refractivity contribution in [2.24, 2.45) is 5.92 Å². The summed E-state index contributed by atoms with van der Waals surface area (Å²) in [7, 11) is 0. The molecule has 0 aliphatic rings. The van der Waals surface area contributed by atoms with Crippen molar-refractivity contribution in [3.8, 4) is 0 Å². The molecule has 1 heterocycles. The maximum atomic E-state index is 11.8. The Bertz CT molecular complexity index is 426. The van der Waals surface area contributed by atoms with Crippen LogP contribution in [-0.2, 0) is 4.74 Å². The van der Waals surface area contributed by atoms with Gasteiger partial charge in [0.2, 0.25) is 5.89 Å². The molecule has 6 nitrogen and oxygen atoms in total. The third kappa shape index (κ3) is 5.10. The fourth-order valence-corrected chi connectivity index (χ4v) is 1.67. The van der Waals surface area contributed by atoms with E-state index >= 15 is 0 Å². The molecule has 0 bridgehead atoms. The minimum absolute atomic E-state index is 0.114. The normalized spacial score (nSPS) is 13.4. The van der Waals surface area contributed by atoms with Gasteiger partial charge < -0.3 is 14.5 Å². The molecule has 1 rings (SSSR count). The summed E-state index contributed by atoms with van der Waals surface area (Å²) < 4.78 is 10.7. The monoisotopic (exact) mass is 287 g/mol. The molecule has 7 heteroatoms. The smallest absolute Gasteiger partial charge is 0.408 e. The van der Waals surface area contributed by atoms with Crippen LogP contribution in [0.4, 0.5) is 4.79 Å². The molecule has 0 unspecified atom stereocenters. The molecule has 19 heavy (non-hydrogen) atoms. The van der Waals surface area contributed by atoms with Gasteiger partial charge in [0.05, 0.1) is 0 Å². The summed E-state index contributed by atoms with van der Waals surface area (Å²) >= 11 is 1.36. The van der Waals surface area contributed by atoms with E-state index in [0.29, 0.717) is 11.1 Å². The van der Waals surface area contributed by atoms with Crippen molar-refractivity contribution in [2.75, 3.05) is 6.26 Å². The Balaban J connectivity index is 2.76. The maximum Gasteiger partial charge on any atom is 0.408 e. The molecule has 1 aromatic rings. The van der Waals surface area contributed by atoms with Gasteiger partial charge in [-0.1, -0.05) is 25.6 Å². The summed E-state index contributed by atoms with van der Waals surface area (Å²) in [5, 5.41) is 11.1. The Labute approximate surface area is 117 Å². The van der Waals surface area contributed by atoms with E-state index in [1.807, 2.05) is 40.9 Å². The summed E-state index contributed by atoms with van der Waals surface area (Å²) in [5.74, 6) is 0.507. The molecule has 108 valence electrons. The average Bonchev–Trinajstić information content (AvgIpc) is 2.71. The van der Waals surface area contributed by atoms with E-state index in [9.17, 15) is 4.79 Å². The van der Waals surface area contributed by atoms with Gasteiger partial charge in [-0.3, -0.25) is 0 Å². The number of nitrogens with zero attached hydrogens (tertiary/aromatic N) is 2.